The van der Waals surface area contributed by atoms with Crippen molar-refractivity contribution in [1.82, 2.24) is 15.5 Å². The van der Waals surface area contributed by atoms with Gasteiger partial charge in [0.05, 0.1) is 0 Å². The number of benzene rings is 3. The van der Waals surface area contributed by atoms with Gasteiger partial charge in [-0.2, -0.15) is 0 Å². The van der Waals surface area contributed by atoms with E-state index in [-0.39, 0.29) is 11.9 Å². The summed E-state index contributed by atoms with van der Waals surface area (Å²) in [7, 11) is 0. The number of dihydropyridines is 1. The molecule has 2 aliphatic rings. The normalized spacial score (nSPS) is 17.1. The number of hydrogen-bond acceptors (Lipinski definition) is 3. The van der Waals surface area contributed by atoms with Crippen LogP contribution in [-0.4, -0.2) is 37.1 Å². The zero-order chi connectivity index (χ0) is 25.6. The second-order valence-electron chi connectivity index (χ2n) is 10.4. The van der Waals surface area contributed by atoms with Crippen molar-refractivity contribution >= 4 is 22.5 Å². The maximum Gasteiger partial charge on any atom is 0.319 e. The van der Waals surface area contributed by atoms with Crippen LogP contribution < -0.4 is 16.0 Å². The van der Waals surface area contributed by atoms with Crippen molar-refractivity contribution in [3.63, 3.8) is 0 Å². The largest absolute Gasteiger partial charge is 0.363 e. The van der Waals surface area contributed by atoms with Crippen LogP contribution in [-0.2, 0) is 0 Å². The van der Waals surface area contributed by atoms with Crippen molar-refractivity contribution in [2.75, 3.05) is 31.5 Å². The second kappa shape index (κ2) is 11.7. The Morgan fingerprint density at radius 2 is 1.68 bits per heavy atom. The lowest BCUT2D eigenvalue weighted by Crippen LogP contribution is -2.36. The summed E-state index contributed by atoms with van der Waals surface area (Å²) in [6, 6.07) is 23.4. The van der Waals surface area contributed by atoms with Crippen molar-refractivity contribution in [3.8, 4) is 0 Å². The maximum absolute atomic E-state index is 12.5. The number of nitrogens with one attached hydrogen (secondary N) is 3. The molecule has 37 heavy (non-hydrogen) atoms. The van der Waals surface area contributed by atoms with Crippen LogP contribution in [0.5, 0.6) is 0 Å². The van der Waals surface area contributed by atoms with Crippen LogP contribution >= 0.6 is 0 Å². The van der Waals surface area contributed by atoms with Gasteiger partial charge in [0.15, 0.2) is 0 Å². The molecule has 2 amide bonds. The Kier molecular flexibility index (Phi) is 7.90. The first kappa shape index (κ1) is 25.1. The lowest BCUT2D eigenvalue weighted by molar-refractivity contribution is 0.209. The first-order chi connectivity index (χ1) is 18.0. The molecule has 192 valence electrons. The predicted molar refractivity (Wildman–Crippen MR) is 154 cm³/mol. The zero-order valence-corrected chi connectivity index (χ0v) is 22.0. The predicted octanol–water partition coefficient (Wildman–Crippen LogP) is 6.73. The van der Waals surface area contributed by atoms with Gasteiger partial charge in [0.25, 0.3) is 0 Å². The monoisotopic (exact) mass is 494 g/mol. The van der Waals surface area contributed by atoms with Gasteiger partial charge in [-0.15, -0.1) is 0 Å². The van der Waals surface area contributed by atoms with E-state index in [4.69, 9.17) is 0 Å². The van der Waals surface area contributed by atoms with Crippen molar-refractivity contribution in [3.05, 3.63) is 101 Å². The van der Waals surface area contributed by atoms with Gasteiger partial charge in [-0.05, 0) is 92.7 Å². The number of amides is 2. The summed E-state index contributed by atoms with van der Waals surface area (Å²) in [6.07, 6.45) is 7.75. The quantitative estimate of drug-likeness (QED) is 0.319. The lowest BCUT2D eigenvalue weighted by Gasteiger charge is -2.32. The molecule has 0 saturated carbocycles. The minimum Gasteiger partial charge on any atom is -0.363 e. The third kappa shape index (κ3) is 6.41. The number of rotatable bonds is 7. The smallest absolute Gasteiger partial charge is 0.319 e. The molecule has 0 aliphatic carbocycles. The summed E-state index contributed by atoms with van der Waals surface area (Å²) in [5.74, 6) is 0.849. The van der Waals surface area contributed by atoms with E-state index in [0.29, 0.717) is 12.5 Å². The number of anilines is 1. The van der Waals surface area contributed by atoms with E-state index in [1.807, 2.05) is 12.1 Å². The molecular weight excluding hydrogens is 456 g/mol. The van der Waals surface area contributed by atoms with E-state index in [1.54, 1.807) is 0 Å². The Morgan fingerprint density at radius 1 is 0.946 bits per heavy atom. The van der Waals surface area contributed by atoms with Crippen LogP contribution in [0.15, 0.2) is 90.3 Å². The number of piperidine rings is 1. The van der Waals surface area contributed by atoms with Gasteiger partial charge in [-0.3, -0.25) is 0 Å². The van der Waals surface area contributed by atoms with E-state index in [2.05, 4.69) is 101 Å². The standard InChI is InChI=1S/C32H38N4O/c1-23-20-28(21-24(2)34-23)27-10-5-11-29(22-27)35-32(37)33-16-7-17-36-18-14-26(15-19-36)31-13-6-9-25-8-3-4-12-30(25)31/h3-6,8-13,20-22,26,28,34H,7,14-19H2,1-2H3,(H2,33,35,37). The van der Waals surface area contributed by atoms with Gasteiger partial charge in [0.2, 0.25) is 0 Å². The van der Waals surface area contributed by atoms with Crippen molar-refractivity contribution < 1.29 is 4.79 Å². The number of likely N-dealkylation sites (tertiary alicyclic amines) is 1. The molecular formula is C32H38N4O. The number of nitrogens with zero attached hydrogens (tertiary/aromatic N) is 1. The summed E-state index contributed by atoms with van der Waals surface area (Å²) in [6.45, 7) is 8.08. The molecule has 2 heterocycles. The fraction of sp³-hybridized carbons (Fsp3) is 0.344. The fourth-order valence-corrected chi connectivity index (χ4v) is 5.75. The highest BCUT2D eigenvalue weighted by Crippen LogP contribution is 2.33. The van der Waals surface area contributed by atoms with E-state index >= 15 is 0 Å². The molecule has 5 heteroatoms. The molecule has 3 N–H and O–H groups in total. The van der Waals surface area contributed by atoms with E-state index in [9.17, 15) is 4.79 Å². The molecule has 1 saturated heterocycles. The third-order valence-corrected chi connectivity index (χ3v) is 7.57. The van der Waals surface area contributed by atoms with Crippen LogP contribution in [0.1, 0.15) is 56.1 Å². The van der Waals surface area contributed by atoms with Gasteiger partial charge >= 0.3 is 6.03 Å². The molecule has 5 rings (SSSR count). The summed E-state index contributed by atoms with van der Waals surface area (Å²) in [5.41, 5.74) is 5.79. The van der Waals surface area contributed by atoms with Gasteiger partial charge in [-0.25, -0.2) is 4.79 Å². The maximum atomic E-state index is 12.5. The summed E-state index contributed by atoms with van der Waals surface area (Å²) < 4.78 is 0. The SMILES string of the molecule is CC1=CC(c2cccc(NC(=O)NCCCN3CCC(c4cccc5ccccc45)CC3)c2)C=C(C)N1. The number of hydrogen-bond donors (Lipinski definition) is 3. The highest BCUT2D eigenvalue weighted by Gasteiger charge is 2.21. The highest BCUT2D eigenvalue weighted by molar-refractivity contribution is 5.89. The van der Waals surface area contributed by atoms with E-state index < -0.39 is 0 Å². The number of urea groups is 1. The zero-order valence-electron chi connectivity index (χ0n) is 22.0. The molecule has 5 nitrogen and oxygen atoms in total. The van der Waals surface area contributed by atoms with Gasteiger partial charge in [0, 0.05) is 29.5 Å². The molecule has 3 aromatic rings. The number of allylic oxidation sites excluding steroid dienone is 4. The fourth-order valence-electron chi connectivity index (χ4n) is 5.75. The number of carbonyl (C=O) groups excluding carboxylic acids is 1. The minimum absolute atomic E-state index is 0.143. The molecule has 0 unspecified atom stereocenters. The molecule has 2 aliphatic heterocycles. The first-order valence-electron chi connectivity index (χ1n) is 13.5. The summed E-state index contributed by atoms with van der Waals surface area (Å²) >= 11 is 0. The van der Waals surface area contributed by atoms with Gasteiger partial charge < -0.3 is 20.9 Å². The van der Waals surface area contributed by atoms with Crippen LogP contribution in [0.3, 0.4) is 0 Å². The average Bonchev–Trinajstić information content (AvgIpc) is 2.91. The molecule has 3 aromatic carbocycles. The average molecular weight is 495 g/mol. The topological polar surface area (TPSA) is 56.4 Å². The van der Waals surface area contributed by atoms with Crippen LogP contribution in [0.4, 0.5) is 10.5 Å². The summed E-state index contributed by atoms with van der Waals surface area (Å²) in [4.78, 5) is 15.0. The van der Waals surface area contributed by atoms with Crippen LogP contribution in [0.25, 0.3) is 10.8 Å². The Bertz CT molecular complexity index is 1280. The molecule has 0 atom stereocenters. The second-order valence-corrected chi connectivity index (χ2v) is 10.4. The minimum atomic E-state index is -0.143. The number of fused-ring (bicyclic) bond motifs is 1. The molecule has 0 radical (unpaired) electrons. The number of carbonyl (C=O) groups is 1. The molecule has 1 fully saturated rings. The lowest BCUT2D eigenvalue weighted by atomic mass is 9.86. The van der Waals surface area contributed by atoms with Gasteiger partial charge in [-0.1, -0.05) is 66.7 Å². The first-order valence-corrected chi connectivity index (χ1v) is 13.5. The highest BCUT2D eigenvalue weighted by atomic mass is 16.2. The Morgan fingerprint density at radius 3 is 2.49 bits per heavy atom. The Balaban J connectivity index is 1.04. The van der Waals surface area contributed by atoms with Gasteiger partial charge in [0.1, 0.15) is 0 Å². The van der Waals surface area contributed by atoms with Crippen molar-refractivity contribution in [2.24, 2.45) is 0 Å². The van der Waals surface area contributed by atoms with E-state index in [1.165, 1.54) is 34.7 Å². The van der Waals surface area contributed by atoms with Crippen molar-refractivity contribution in [1.29, 1.82) is 0 Å². The van der Waals surface area contributed by atoms with Crippen LogP contribution in [0, 0.1) is 0 Å². The van der Waals surface area contributed by atoms with Crippen LogP contribution in [0.2, 0.25) is 0 Å². The Labute approximate surface area is 220 Å². The van der Waals surface area contributed by atoms with E-state index in [0.717, 1.165) is 43.1 Å². The van der Waals surface area contributed by atoms with Crippen molar-refractivity contribution in [2.45, 2.75) is 44.9 Å². The molecule has 0 aromatic heterocycles. The summed E-state index contributed by atoms with van der Waals surface area (Å²) in [5, 5.41) is 12.1. The molecule has 0 spiro atoms. The molecule has 0 bridgehead atoms. The Hall–Kier alpha value is -3.57. The third-order valence-electron chi connectivity index (χ3n) is 7.57.